The van der Waals surface area contributed by atoms with E-state index in [0.29, 0.717) is 35.7 Å². The van der Waals surface area contributed by atoms with Gasteiger partial charge in [-0.2, -0.15) is 13.2 Å². The molecule has 0 bridgehead atoms. The summed E-state index contributed by atoms with van der Waals surface area (Å²) in [5.41, 5.74) is -2.99. The molecule has 4 rings (SSSR count). The van der Waals surface area contributed by atoms with Crippen LogP contribution in [0.15, 0.2) is 41.6 Å². The number of piperidine rings is 1. The number of methoxy groups -OCH3 is 1. The summed E-state index contributed by atoms with van der Waals surface area (Å²) in [5.74, 6) is 5.83. The molecule has 1 fully saturated rings. The maximum Gasteiger partial charge on any atom is 0.447 e. The van der Waals surface area contributed by atoms with Crippen molar-refractivity contribution in [1.29, 1.82) is 0 Å². The number of alkyl halides is 4. The highest BCUT2D eigenvalue weighted by molar-refractivity contribution is 8.00. The molecule has 1 aliphatic heterocycles. The van der Waals surface area contributed by atoms with E-state index < -0.39 is 23.8 Å². The summed E-state index contributed by atoms with van der Waals surface area (Å²) >= 11 is -0.302. The summed E-state index contributed by atoms with van der Waals surface area (Å²) in [5, 5.41) is 8.64. The predicted molar refractivity (Wildman–Crippen MR) is 148 cm³/mol. The molecule has 0 aliphatic carbocycles. The van der Waals surface area contributed by atoms with Gasteiger partial charge in [0.1, 0.15) is 22.6 Å². The largest absolute Gasteiger partial charge is 0.495 e. The number of amides is 1. The maximum atomic E-state index is 14.7. The molecular formula is C27H30F4N6O2S. The summed E-state index contributed by atoms with van der Waals surface area (Å²) in [7, 11) is 4.83. The number of fused-ring (bicyclic) bond motifs is 1. The third-order valence-electron chi connectivity index (χ3n) is 6.37. The number of likely N-dealkylation sites (tertiary alicyclic amines) is 1. The molecule has 1 saturated heterocycles. The van der Waals surface area contributed by atoms with Gasteiger partial charge in [0, 0.05) is 43.7 Å². The lowest BCUT2D eigenvalue weighted by atomic mass is 10.0. The van der Waals surface area contributed by atoms with E-state index >= 15 is 0 Å². The Balaban J connectivity index is 1.63. The first-order chi connectivity index (χ1) is 19.0. The van der Waals surface area contributed by atoms with E-state index in [-0.39, 0.29) is 40.6 Å². The summed E-state index contributed by atoms with van der Waals surface area (Å²) in [6.07, 6.45) is 0.897. The zero-order chi connectivity index (χ0) is 29.0. The van der Waals surface area contributed by atoms with Crippen LogP contribution < -0.4 is 20.7 Å². The number of thioether (sulfide) groups is 1. The number of nitrogens with one attached hydrogen (secondary N) is 3. The smallest absolute Gasteiger partial charge is 0.447 e. The summed E-state index contributed by atoms with van der Waals surface area (Å²) in [6, 6.07) is 7.12. The average Bonchev–Trinajstić information content (AvgIpc) is 3.25. The van der Waals surface area contributed by atoms with Crippen LogP contribution in [0.4, 0.5) is 28.9 Å². The predicted octanol–water partition coefficient (Wildman–Crippen LogP) is 4.62. The Bertz CT molecular complexity index is 1430. The van der Waals surface area contributed by atoms with Gasteiger partial charge in [0.15, 0.2) is 5.65 Å². The number of hydrogen-bond acceptors (Lipinski definition) is 7. The fourth-order valence-electron chi connectivity index (χ4n) is 4.41. The van der Waals surface area contributed by atoms with Crippen LogP contribution >= 0.6 is 11.8 Å². The summed E-state index contributed by atoms with van der Waals surface area (Å²) in [6.45, 7) is 2.71. The number of nitrogens with zero attached hydrogens (tertiary/aromatic N) is 3. The molecule has 8 nitrogen and oxygen atoms in total. The van der Waals surface area contributed by atoms with Gasteiger partial charge >= 0.3 is 5.51 Å². The van der Waals surface area contributed by atoms with Crippen LogP contribution in [0.5, 0.6) is 5.75 Å². The third-order valence-corrected chi connectivity index (χ3v) is 7.19. The van der Waals surface area contributed by atoms with Crippen LogP contribution in [-0.2, 0) is 0 Å². The molecule has 0 saturated carbocycles. The van der Waals surface area contributed by atoms with E-state index in [1.165, 1.54) is 24.8 Å². The van der Waals surface area contributed by atoms with E-state index in [1.54, 1.807) is 37.3 Å². The number of halogens is 4. The lowest BCUT2D eigenvalue weighted by molar-refractivity contribution is -0.0330. The fourth-order valence-corrected chi connectivity index (χ4v) is 5.07. The lowest BCUT2D eigenvalue weighted by Crippen LogP contribution is -2.46. The number of hydrogen-bond donors (Lipinski definition) is 3. The number of rotatable bonds is 7. The molecule has 214 valence electrons. The van der Waals surface area contributed by atoms with Crippen LogP contribution in [0.3, 0.4) is 0 Å². The first-order valence-corrected chi connectivity index (χ1v) is 13.3. The van der Waals surface area contributed by atoms with Crippen molar-refractivity contribution in [3.63, 3.8) is 0 Å². The highest BCUT2D eigenvalue weighted by atomic mass is 32.2. The quantitative estimate of drug-likeness (QED) is 0.215. The van der Waals surface area contributed by atoms with Crippen molar-refractivity contribution in [3.05, 3.63) is 47.8 Å². The van der Waals surface area contributed by atoms with Crippen molar-refractivity contribution in [2.75, 3.05) is 44.9 Å². The monoisotopic (exact) mass is 578 g/mol. The SMILES string of the molecule is CNC(=O)c1ccc(N[C@@H](C)C#Cc2nc3c(N[C@@H]4CCN(C)C[C@@H]4F)cccn3c2SC(F)(F)F)c(OC)c1. The van der Waals surface area contributed by atoms with E-state index in [0.717, 1.165) is 0 Å². The minimum atomic E-state index is -4.57. The number of anilines is 2. The molecule has 40 heavy (non-hydrogen) atoms. The van der Waals surface area contributed by atoms with Gasteiger partial charge in [0.05, 0.1) is 30.6 Å². The van der Waals surface area contributed by atoms with Gasteiger partial charge in [-0.1, -0.05) is 5.92 Å². The standard InChI is InChI=1S/C27H30F4N6O2S/c1-16(33-20-10-8-17(25(38)32-2)14-23(20)39-4)7-9-22-26(40-27(29,30)31)37-12-5-6-21(24(37)35-22)34-19-11-13-36(3)15-18(19)28/h5-6,8,10,12,14,16,18-19,33-34H,11,13,15H2,1-4H3,(H,32,38)/t16-,18-,19+/m0/s1. The van der Waals surface area contributed by atoms with Gasteiger partial charge in [0.25, 0.3) is 5.91 Å². The average molecular weight is 579 g/mol. The Morgan fingerprint density at radius 3 is 2.73 bits per heavy atom. The fraction of sp³-hybridized carbons (Fsp3) is 0.407. The molecule has 1 aliphatic rings. The van der Waals surface area contributed by atoms with E-state index in [2.05, 4.69) is 32.8 Å². The number of imidazole rings is 1. The molecule has 13 heteroatoms. The van der Waals surface area contributed by atoms with Crippen molar-refractivity contribution in [1.82, 2.24) is 19.6 Å². The second-order valence-corrected chi connectivity index (χ2v) is 10.4. The molecule has 0 spiro atoms. The molecule has 3 heterocycles. The van der Waals surface area contributed by atoms with Gasteiger partial charge in [-0.3, -0.25) is 9.20 Å². The third kappa shape index (κ3) is 6.92. The van der Waals surface area contributed by atoms with Crippen molar-refractivity contribution < 1.29 is 27.1 Å². The van der Waals surface area contributed by atoms with Crippen LogP contribution in [0.2, 0.25) is 0 Å². The van der Waals surface area contributed by atoms with Crippen molar-refractivity contribution in [2.45, 2.75) is 42.1 Å². The van der Waals surface area contributed by atoms with Crippen LogP contribution in [0.25, 0.3) is 5.65 Å². The minimum absolute atomic E-state index is 0.0488. The highest BCUT2D eigenvalue weighted by Crippen LogP contribution is 2.39. The molecule has 3 aromatic rings. The van der Waals surface area contributed by atoms with E-state index in [4.69, 9.17) is 4.74 Å². The first kappa shape index (κ1) is 29.4. The Morgan fingerprint density at radius 1 is 1.27 bits per heavy atom. The molecule has 1 aromatic carbocycles. The Labute approximate surface area is 233 Å². The van der Waals surface area contributed by atoms with E-state index in [9.17, 15) is 22.4 Å². The van der Waals surface area contributed by atoms with Crippen molar-refractivity contribution in [3.8, 4) is 17.6 Å². The molecule has 2 aromatic heterocycles. The summed E-state index contributed by atoms with van der Waals surface area (Å²) in [4.78, 5) is 18.2. The normalized spacial score (nSPS) is 18.5. The highest BCUT2D eigenvalue weighted by Gasteiger charge is 2.34. The Morgan fingerprint density at radius 2 is 2.05 bits per heavy atom. The van der Waals surface area contributed by atoms with Gasteiger partial charge in [0.2, 0.25) is 0 Å². The van der Waals surface area contributed by atoms with Crippen LogP contribution in [-0.4, -0.2) is 78.3 Å². The van der Waals surface area contributed by atoms with Gasteiger partial charge in [-0.15, -0.1) is 0 Å². The zero-order valence-electron chi connectivity index (χ0n) is 22.4. The second-order valence-electron chi connectivity index (χ2n) is 9.38. The molecule has 0 unspecified atom stereocenters. The minimum Gasteiger partial charge on any atom is -0.495 e. The first-order valence-electron chi connectivity index (χ1n) is 12.5. The Kier molecular flexibility index (Phi) is 9.00. The number of aromatic nitrogens is 2. The van der Waals surface area contributed by atoms with E-state index in [1.807, 2.05) is 11.9 Å². The van der Waals surface area contributed by atoms with Gasteiger partial charge < -0.3 is 25.6 Å². The Hall–Kier alpha value is -3.63. The van der Waals surface area contributed by atoms with Crippen LogP contribution in [0.1, 0.15) is 29.4 Å². The topological polar surface area (TPSA) is 82.9 Å². The molecule has 1 amide bonds. The number of carbonyl (C=O) groups excluding carboxylic acids is 1. The van der Waals surface area contributed by atoms with Crippen molar-refractivity contribution >= 4 is 34.7 Å². The number of pyridine rings is 1. The van der Waals surface area contributed by atoms with Gasteiger partial charge in [-0.05, 0) is 56.6 Å². The number of ether oxygens (including phenoxy) is 1. The number of benzene rings is 1. The molecular weight excluding hydrogens is 548 g/mol. The van der Waals surface area contributed by atoms with Gasteiger partial charge in [-0.25, -0.2) is 9.37 Å². The zero-order valence-corrected chi connectivity index (χ0v) is 23.2. The second kappa shape index (κ2) is 12.3. The van der Waals surface area contributed by atoms with Crippen molar-refractivity contribution in [2.24, 2.45) is 0 Å². The molecule has 3 atom stereocenters. The molecule has 0 radical (unpaired) electrons. The summed E-state index contributed by atoms with van der Waals surface area (Å²) < 4.78 is 61.9. The maximum absolute atomic E-state index is 14.7. The van der Waals surface area contributed by atoms with Crippen LogP contribution in [0, 0.1) is 11.8 Å². The number of carbonyl (C=O) groups is 1. The lowest BCUT2D eigenvalue weighted by Gasteiger charge is -2.33. The molecule has 3 N–H and O–H groups in total.